The number of hydrogen-bond acceptors (Lipinski definition) is 4. The molecule has 1 aliphatic rings. The van der Waals surface area contributed by atoms with E-state index in [9.17, 15) is 9.18 Å². The van der Waals surface area contributed by atoms with E-state index in [0.29, 0.717) is 19.0 Å². The number of carbonyl (C=O) groups is 1. The normalized spacial score (nSPS) is 17.4. The summed E-state index contributed by atoms with van der Waals surface area (Å²) in [6, 6.07) is 11.2. The minimum Gasteiger partial charge on any atom is -0.494 e. The molecule has 0 aliphatic heterocycles. The molecule has 0 heterocycles. The summed E-state index contributed by atoms with van der Waals surface area (Å²) < 4.78 is 31.1. The molecule has 0 N–H and O–H groups in total. The summed E-state index contributed by atoms with van der Waals surface area (Å²) in [5.74, 6) is 1.90. The molecule has 1 aliphatic carbocycles. The Balaban J connectivity index is 1.40. The average Bonchev–Trinajstić information content (AvgIpc) is 2.91. The molecule has 5 heteroatoms. The molecule has 0 spiro atoms. The third kappa shape index (κ3) is 10.0. The van der Waals surface area contributed by atoms with Crippen LogP contribution in [0.2, 0.25) is 0 Å². The Kier molecular flexibility index (Phi) is 12.8. The first kappa shape index (κ1) is 29.0. The van der Waals surface area contributed by atoms with E-state index in [1.165, 1.54) is 69.9 Å². The van der Waals surface area contributed by atoms with E-state index in [-0.39, 0.29) is 11.3 Å². The van der Waals surface area contributed by atoms with Gasteiger partial charge in [-0.3, -0.25) is 0 Å². The Labute approximate surface area is 222 Å². The Hall–Kier alpha value is -2.56. The predicted octanol–water partition coefficient (Wildman–Crippen LogP) is 9.16. The van der Waals surface area contributed by atoms with Gasteiger partial charge in [0.25, 0.3) is 0 Å². The van der Waals surface area contributed by atoms with Gasteiger partial charge in [0.15, 0.2) is 11.6 Å². The van der Waals surface area contributed by atoms with E-state index in [1.807, 2.05) is 12.1 Å². The fraction of sp³-hybridized carbons (Fsp3) is 0.594. The van der Waals surface area contributed by atoms with Crippen LogP contribution in [0.15, 0.2) is 42.5 Å². The first-order valence-corrected chi connectivity index (χ1v) is 14.5. The van der Waals surface area contributed by atoms with Gasteiger partial charge in [-0.05, 0) is 73.6 Å². The van der Waals surface area contributed by atoms with Gasteiger partial charge < -0.3 is 14.2 Å². The molecular formula is C32H45FO4. The van der Waals surface area contributed by atoms with Crippen LogP contribution in [-0.4, -0.2) is 19.2 Å². The molecule has 2 atom stereocenters. The zero-order chi connectivity index (χ0) is 26.3. The van der Waals surface area contributed by atoms with Gasteiger partial charge in [-0.15, -0.1) is 0 Å². The molecule has 1 fully saturated rings. The second-order valence-corrected chi connectivity index (χ2v) is 10.4. The van der Waals surface area contributed by atoms with Crippen molar-refractivity contribution < 1.29 is 23.4 Å². The number of carbonyl (C=O) groups excluding carboxylic acids is 1. The lowest BCUT2D eigenvalue weighted by Gasteiger charge is -2.31. The molecular weight excluding hydrogens is 467 g/mol. The van der Waals surface area contributed by atoms with E-state index in [2.05, 4.69) is 13.8 Å². The first-order chi connectivity index (χ1) is 18.1. The van der Waals surface area contributed by atoms with Gasteiger partial charge in [-0.1, -0.05) is 78.1 Å². The van der Waals surface area contributed by atoms with E-state index < -0.39 is 11.8 Å². The maximum Gasteiger partial charge on any atom is 0.343 e. The van der Waals surface area contributed by atoms with Crippen LogP contribution in [0.25, 0.3) is 0 Å². The Bertz CT molecular complexity index is 927. The summed E-state index contributed by atoms with van der Waals surface area (Å²) in [6.45, 7) is 5.54. The van der Waals surface area contributed by atoms with Crippen LogP contribution >= 0.6 is 0 Å². The number of hydrogen-bond donors (Lipinski definition) is 0. The van der Waals surface area contributed by atoms with Crippen LogP contribution in [0.5, 0.6) is 17.2 Å². The van der Waals surface area contributed by atoms with Crippen molar-refractivity contribution in [2.24, 2.45) is 11.8 Å². The zero-order valence-corrected chi connectivity index (χ0v) is 22.8. The molecule has 0 saturated heterocycles. The maximum atomic E-state index is 14.3. The van der Waals surface area contributed by atoms with Crippen molar-refractivity contribution in [2.75, 3.05) is 13.2 Å². The van der Waals surface area contributed by atoms with Crippen LogP contribution in [0, 0.1) is 17.7 Å². The highest BCUT2D eigenvalue weighted by Crippen LogP contribution is 2.36. The largest absolute Gasteiger partial charge is 0.494 e. The lowest BCUT2D eigenvalue weighted by Crippen LogP contribution is -2.20. The molecule has 3 rings (SSSR count). The SMILES string of the molecule is CCCCCOc1ccc(C(=O)Oc2ccc(OCCCC3CCCCC3CCCCC)cc2)cc1F. The number of rotatable bonds is 16. The van der Waals surface area contributed by atoms with E-state index in [4.69, 9.17) is 14.2 Å². The van der Waals surface area contributed by atoms with Crippen molar-refractivity contribution in [1.29, 1.82) is 0 Å². The van der Waals surface area contributed by atoms with Gasteiger partial charge in [0, 0.05) is 0 Å². The predicted molar refractivity (Wildman–Crippen MR) is 147 cm³/mol. The van der Waals surface area contributed by atoms with Crippen molar-refractivity contribution in [1.82, 2.24) is 0 Å². The highest BCUT2D eigenvalue weighted by Gasteiger charge is 2.24. The van der Waals surface area contributed by atoms with E-state index in [1.54, 1.807) is 12.1 Å². The molecule has 2 aromatic carbocycles. The van der Waals surface area contributed by atoms with Crippen molar-refractivity contribution >= 4 is 5.97 Å². The minimum atomic E-state index is -0.605. The van der Waals surface area contributed by atoms with Crippen LogP contribution in [0.3, 0.4) is 0 Å². The van der Waals surface area contributed by atoms with Crippen molar-refractivity contribution in [2.45, 2.75) is 97.3 Å². The van der Waals surface area contributed by atoms with Gasteiger partial charge in [0.05, 0.1) is 18.8 Å². The molecule has 2 unspecified atom stereocenters. The van der Waals surface area contributed by atoms with Gasteiger partial charge in [-0.2, -0.15) is 0 Å². The fourth-order valence-corrected chi connectivity index (χ4v) is 5.29. The van der Waals surface area contributed by atoms with Crippen molar-refractivity contribution in [3.05, 3.63) is 53.8 Å². The van der Waals surface area contributed by atoms with Crippen LogP contribution in [0.4, 0.5) is 4.39 Å². The lowest BCUT2D eigenvalue weighted by atomic mass is 9.74. The molecule has 204 valence electrons. The maximum absolute atomic E-state index is 14.3. The summed E-state index contributed by atoms with van der Waals surface area (Å²) in [7, 11) is 0. The second kappa shape index (κ2) is 16.3. The number of esters is 1. The van der Waals surface area contributed by atoms with Gasteiger partial charge in [-0.25, -0.2) is 9.18 Å². The summed E-state index contributed by atoms with van der Waals surface area (Å²) in [6.07, 6.45) is 16.3. The Morgan fingerprint density at radius 2 is 1.41 bits per heavy atom. The third-order valence-electron chi connectivity index (χ3n) is 7.44. The third-order valence-corrected chi connectivity index (χ3v) is 7.44. The number of ether oxygens (including phenoxy) is 3. The monoisotopic (exact) mass is 512 g/mol. The highest BCUT2D eigenvalue weighted by molar-refractivity contribution is 5.91. The number of halogens is 1. The minimum absolute atomic E-state index is 0.148. The molecule has 0 amide bonds. The molecule has 37 heavy (non-hydrogen) atoms. The summed E-state index contributed by atoms with van der Waals surface area (Å²) in [5, 5.41) is 0. The molecule has 1 saturated carbocycles. The summed E-state index contributed by atoms with van der Waals surface area (Å²) in [4.78, 5) is 12.5. The highest BCUT2D eigenvalue weighted by atomic mass is 19.1. The Morgan fingerprint density at radius 3 is 2.08 bits per heavy atom. The lowest BCUT2D eigenvalue weighted by molar-refractivity contribution is 0.0734. The van der Waals surface area contributed by atoms with Crippen molar-refractivity contribution in [3.63, 3.8) is 0 Å². The summed E-state index contributed by atoms with van der Waals surface area (Å²) in [5.41, 5.74) is 0.148. The molecule has 4 nitrogen and oxygen atoms in total. The zero-order valence-electron chi connectivity index (χ0n) is 22.8. The van der Waals surface area contributed by atoms with Gasteiger partial charge >= 0.3 is 5.97 Å². The van der Waals surface area contributed by atoms with E-state index >= 15 is 0 Å². The molecule has 0 aromatic heterocycles. The van der Waals surface area contributed by atoms with Crippen molar-refractivity contribution in [3.8, 4) is 17.2 Å². The molecule has 2 aromatic rings. The number of benzene rings is 2. The average molecular weight is 513 g/mol. The molecule has 0 radical (unpaired) electrons. The van der Waals surface area contributed by atoms with Crippen LogP contribution in [-0.2, 0) is 0 Å². The first-order valence-electron chi connectivity index (χ1n) is 14.5. The standard InChI is InChI=1S/C32H45FO4/c1-3-5-7-12-25-13-8-9-14-26(25)15-11-23-35-28-17-19-29(20-18-28)37-32(34)27-16-21-31(30(33)24-27)36-22-10-6-4-2/h16-21,24-26H,3-15,22-23H2,1-2H3. The summed E-state index contributed by atoms with van der Waals surface area (Å²) >= 11 is 0. The van der Waals surface area contributed by atoms with Crippen LogP contribution in [0.1, 0.15) is 108 Å². The fourth-order valence-electron chi connectivity index (χ4n) is 5.29. The second-order valence-electron chi connectivity index (χ2n) is 10.4. The van der Waals surface area contributed by atoms with Crippen LogP contribution < -0.4 is 14.2 Å². The van der Waals surface area contributed by atoms with Gasteiger partial charge in [0.1, 0.15) is 11.5 Å². The smallest absolute Gasteiger partial charge is 0.343 e. The molecule has 0 bridgehead atoms. The topological polar surface area (TPSA) is 44.8 Å². The Morgan fingerprint density at radius 1 is 0.784 bits per heavy atom. The number of unbranched alkanes of at least 4 members (excludes halogenated alkanes) is 4. The van der Waals surface area contributed by atoms with Gasteiger partial charge in [0.2, 0.25) is 0 Å². The quantitative estimate of drug-likeness (QED) is 0.128. The van der Waals surface area contributed by atoms with E-state index in [0.717, 1.165) is 49.3 Å².